The summed E-state index contributed by atoms with van der Waals surface area (Å²) < 4.78 is 43.3. The predicted molar refractivity (Wildman–Crippen MR) is 130 cm³/mol. The van der Waals surface area contributed by atoms with Crippen molar-refractivity contribution in [2.24, 2.45) is 5.92 Å². The minimum Gasteiger partial charge on any atom is -0.478 e. The molecule has 1 saturated heterocycles. The summed E-state index contributed by atoms with van der Waals surface area (Å²) in [5, 5.41) is 6.14. The minimum atomic E-state index is -3.14. The number of hydrogen-bond donors (Lipinski definition) is 2. The molecule has 2 amide bonds. The van der Waals surface area contributed by atoms with Gasteiger partial charge < -0.3 is 15.4 Å². The van der Waals surface area contributed by atoms with Gasteiger partial charge in [0.1, 0.15) is 5.00 Å². The SMILES string of the molecule is CCC(Oc1ccccc1F)C(=O)Nc1sc2c(c1C(=O)NC1CCS(=O)(=O)C1)CCC(C)C2. The van der Waals surface area contributed by atoms with Crippen molar-refractivity contribution in [2.75, 3.05) is 16.8 Å². The van der Waals surface area contributed by atoms with Gasteiger partial charge in [-0.3, -0.25) is 9.59 Å². The first-order valence-electron chi connectivity index (χ1n) is 11.5. The molecule has 4 rings (SSSR count). The maximum Gasteiger partial charge on any atom is 0.266 e. The van der Waals surface area contributed by atoms with Crippen LogP contribution >= 0.6 is 11.3 Å². The van der Waals surface area contributed by atoms with Crippen LogP contribution in [-0.4, -0.2) is 43.9 Å². The highest BCUT2D eigenvalue weighted by Crippen LogP contribution is 2.40. The molecule has 0 saturated carbocycles. The van der Waals surface area contributed by atoms with E-state index in [9.17, 15) is 22.4 Å². The molecule has 2 N–H and O–H groups in total. The zero-order valence-corrected chi connectivity index (χ0v) is 20.9. The van der Waals surface area contributed by atoms with Crippen molar-refractivity contribution in [1.29, 1.82) is 0 Å². The Morgan fingerprint density at radius 1 is 1.26 bits per heavy atom. The Hall–Kier alpha value is -2.46. The number of rotatable bonds is 7. The number of anilines is 1. The first-order chi connectivity index (χ1) is 16.2. The first-order valence-corrected chi connectivity index (χ1v) is 14.2. The largest absolute Gasteiger partial charge is 0.478 e. The zero-order valence-electron chi connectivity index (χ0n) is 19.2. The lowest BCUT2D eigenvalue weighted by atomic mass is 9.88. The van der Waals surface area contributed by atoms with Gasteiger partial charge in [-0.2, -0.15) is 0 Å². The Morgan fingerprint density at radius 3 is 2.71 bits per heavy atom. The van der Waals surface area contributed by atoms with Crippen LogP contribution in [0.1, 0.15) is 53.9 Å². The van der Waals surface area contributed by atoms with Crippen molar-refractivity contribution < 1.29 is 27.1 Å². The lowest BCUT2D eigenvalue weighted by Crippen LogP contribution is -2.37. The zero-order chi connectivity index (χ0) is 24.5. The summed E-state index contributed by atoms with van der Waals surface area (Å²) in [7, 11) is -3.14. The fourth-order valence-corrected chi connectivity index (χ4v) is 7.54. The third-order valence-electron chi connectivity index (χ3n) is 6.31. The second-order valence-corrected chi connectivity index (χ2v) is 12.4. The Balaban J connectivity index is 1.57. The van der Waals surface area contributed by atoms with Crippen LogP contribution < -0.4 is 15.4 Å². The smallest absolute Gasteiger partial charge is 0.266 e. The summed E-state index contributed by atoms with van der Waals surface area (Å²) in [6.07, 6.45) is 2.22. The van der Waals surface area contributed by atoms with Crippen molar-refractivity contribution in [2.45, 2.75) is 58.1 Å². The minimum absolute atomic E-state index is 0.00999. The molecular formula is C24H29FN2O5S2. The van der Waals surface area contributed by atoms with E-state index in [0.717, 1.165) is 29.7 Å². The Bertz CT molecular complexity index is 1190. The molecule has 1 aromatic heterocycles. The topological polar surface area (TPSA) is 102 Å². The Labute approximate surface area is 203 Å². The molecule has 3 unspecified atom stereocenters. The number of benzene rings is 1. The van der Waals surface area contributed by atoms with Crippen molar-refractivity contribution in [1.82, 2.24) is 5.32 Å². The highest BCUT2D eigenvalue weighted by molar-refractivity contribution is 7.91. The number of nitrogens with one attached hydrogen (secondary N) is 2. The van der Waals surface area contributed by atoms with Crippen molar-refractivity contribution in [3.05, 3.63) is 46.1 Å². The van der Waals surface area contributed by atoms with Crippen LogP contribution in [0.5, 0.6) is 5.75 Å². The summed E-state index contributed by atoms with van der Waals surface area (Å²) in [6.45, 7) is 3.92. The van der Waals surface area contributed by atoms with Crippen molar-refractivity contribution in [3.8, 4) is 5.75 Å². The van der Waals surface area contributed by atoms with E-state index < -0.39 is 33.7 Å². The Kier molecular flexibility index (Phi) is 7.28. The van der Waals surface area contributed by atoms with Crippen LogP contribution in [0.25, 0.3) is 0 Å². The van der Waals surface area contributed by atoms with Gasteiger partial charge in [0.05, 0.1) is 17.1 Å². The normalized spacial score (nSPS) is 22.0. The fraction of sp³-hybridized carbons (Fsp3) is 0.500. The van der Waals surface area contributed by atoms with E-state index in [2.05, 4.69) is 17.6 Å². The van der Waals surface area contributed by atoms with Crippen LogP contribution in [0.3, 0.4) is 0 Å². The molecule has 7 nitrogen and oxygen atoms in total. The number of amides is 2. The molecule has 0 radical (unpaired) electrons. The fourth-order valence-electron chi connectivity index (χ4n) is 4.45. The average molecular weight is 509 g/mol. The van der Waals surface area contributed by atoms with Gasteiger partial charge in [-0.15, -0.1) is 11.3 Å². The summed E-state index contributed by atoms with van der Waals surface area (Å²) in [5.41, 5.74) is 1.32. The summed E-state index contributed by atoms with van der Waals surface area (Å²) in [5.74, 6) is -0.934. The maximum atomic E-state index is 14.0. The third kappa shape index (κ3) is 5.43. The van der Waals surface area contributed by atoms with Crippen molar-refractivity contribution in [3.63, 3.8) is 0 Å². The molecule has 2 heterocycles. The van der Waals surface area contributed by atoms with E-state index in [1.807, 2.05) is 0 Å². The van der Waals surface area contributed by atoms with Crippen LogP contribution in [0.2, 0.25) is 0 Å². The molecule has 1 fully saturated rings. The lowest BCUT2D eigenvalue weighted by molar-refractivity contribution is -0.122. The van der Waals surface area contributed by atoms with E-state index in [4.69, 9.17) is 4.74 Å². The Morgan fingerprint density at radius 2 is 2.03 bits per heavy atom. The van der Waals surface area contributed by atoms with Gasteiger partial charge in [0, 0.05) is 10.9 Å². The quantitative estimate of drug-likeness (QED) is 0.594. The molecular weight excluding hydrogens is 479 g/mol. The van der Waals surface area contributed by atoms with Crippen LogP contribution in [0.15, 0.2) is 24.3 Å². The number of hydrogen-bond acceptors (Lipinski definition) is 6. The predicted octanol–water partition coefficient (Wildman–Crippen LogP) is 3.73. The number of carbonyl (C=O) groups is 2. The highest BCUT2D eigenvalue weighted by Gasteiger charge is 2.33. The number of ether oxygens (including phenoxy) is 1. The van der Waals surface area contributed by atoms with Crippen LogP contribution in [0, 0.1) is 11.7 Å². The van der Waals surface area contributed by atoms with Gasteiger partial charge in [-0.05, 0) is 55.7 Å². The molecule has 0 bridgehead atoms. The third-order valence-corrected chi connectivity index (χ3v) is 9.25. The second-order valence-electron chi connectivity index (χ2n) is 9.06. The lowest BCUT2D eigenvalue weighted by Gasteiger charge is -2.20. The number of sulfone groups is 1. The van der Waals surface area contributed by atoms with E-state index in [1.165, 1.54) is 23.5 Å². The molecule has 0 spiro atoms. The highest BCUT2D eigenvalue weighted by atomic mass is 32.2. The van der Waals surface area contributed by atoms with Gasteiger partial charge in [-0.1, -0.05) is 26.0 Å². The monoisotopic (exact) mass is 508 g/mol. The number of halogens is 1. The molecule has 184 valence electrons. The summed E-state index contributed by atoms with van der Waals surface area (Å²) >= 11 is 1.38. The number of carbonyl (C=O) groups excluding carboxylic acids is 2. The summed E-state index contributed by atoms with van der Waals surface area (Å²) in [4.78, 5) is 27.4. The maximum absolute atomic E-state index is 14.0. The average Bonchev–Trinajstić information content (AvgIpc) is 3.30. The molecule has 2 aliphatic rings. The molecule has 1 aliphatic heterocycles. The second kappa shape index (κ2) is 10.0. The number of thiophene rings is 1. The van der Waals surface area contributed by atoms with E-state index in [0.29, 0.717) is 29.3 Å². The van der Waals surface area contributed by atoms with Crippen LogP contribution in [0.4, 0.5) is 9.39 Å². The summed E-state index contributed by atoms with van der Waals surface area (Å²) in [6, 6.07) is 5.46. The van der Waals surface area contributed by atoms with Crippen LogP contribution in [-0.2, 0) is 27.5 Å². The molecule has 2 aromatic rings. The molecule has 34 heavy (non-hydrogen) atoms. The van der Waals surface area contributed by atoms with Crippen molar-refractivity contribution >= 4 is 38.0 Å². The molecule has 1 aliphatic carbocycles. The first kappa shape index (κ1) is 24.7. The molecule has 10 heteroatoms. The number of fused-ring (bicyclic) bond motifs is 1. The van der Waals surface area contributed by atoms with Gasteiger partial charge in [-0.25, -0.2) is 12.8 Å². The van der Waals surface area contributed by atoms with E-state index in [1.54, 1.807) is 19.1 Å². The van der Waals surface area contributed by atoms with Gasteiger partial charge in [0.2, 0.25) is 0 Å². The van der Waals surface area contributed by atoms with Gasteiger partial charge >= 0.3 is 0 Å². The number of para-hydroxylation sites is 1. The van der Waals surface area contributed by atoms with E-state index >= 15 is 0 Å². The van der Waals surface area contributed by atoms with Gasteiger partial charge in [0.25, 0.3) is 11.8 Å². The molecule has 3 atom stereocenters. The van der Waals surface area contributed by atoms with E-state index in [-0.39, 0.29) is 23.2 Å². The standard InChI is InChI=1S/C24H29FN2O5S2/c1-3-18(32-19-7-5-4-6-17(19)25)22(28)27-24-21(16-9-8-14(2)12-20(16)33-24)23(29)26-15-10-11-34(30,31)13-15/h4-7,14-15,18H,3,8-13H2,1-2H3,(H,26,29)(H,27,28). The van der Waals surface area contributed by atoms with Gasteiger partial charge in [0.15, 0.2) is 27.5 Å². The molecule has 1 aromatic carbocycles.